The third-order valence-corrected chi connectivity index (χ3v) is 6.75. The van der Waals surface area contributed by atoms with E-state index in [-0.39, 0.29) is 5.37 Å². The van der Waals surface area contributed by atoms with Crippen LogP contribution in [0.5, 0.6) is 0 Å². The molecule has 0 aliphatic carbocycles. The van der Waals surface area contributed by atoms with Gasteiger partial charge < -0.3 is 4.62 Å². The highest BCUT2D eigenvalue weighted by molar-refractivity contribution is 8.55. The molecule has 0 fully saturated rings. The maximum Gasteiger partial charge on any atom is 0.459 e. The van der Waals surface area contributed by atoms with Crippen molar-refractivity contribution in [3.8, 4) is 0 Å². The highest BCUT2D eigenvalue weighted by atomic mass is 32.7. The van der Waals surface area contributed by atoms with Gasteiger partial charge in [0.25, 0.3) is 0 Å². The van der Waals surface area contributed by atoms with Crippen molar-refractivity contribution in [1.29, 1.82) is 0 Å². The van der Waals surface area contributed by atoms with Crippen LogP contribution in [0.3, 0.4) is 0 Å². The van der Waals surface area contributed by atoms with Crippen LogP contribution in [-0.4, -0.2) is 28.5 Å². The van der Waals surface area contributed by atoms with Crippen LogP contribution in [0.2, 0.25) is 0 Å². The summed E-state index contributed by atoms with van der Waals surface area (Å²) >= 11 is 2.68. The standard InChI is InChI=1S/C10H19N2O3PS2/c1-5-7-17-16(13,14-6-2)15-12-10-8(3)11-9(4)18-10/h9H,5-7H2,1-4H3. The first-order valence-electron chi connectivity index (χ1n) is 5.88. The van der Waals surface area contributed by atoms with Crippen molar-refractivity contribution >= 4 is 40.7 Å². The lowest BCUT2D eigenvalue weighted by Crippen LogP contribution is -2.01. The Hall–Kier alpha value is 0.0300. The zero-order valence-corrected chi connectivity index (χ0v) is 13.6. The molecule has 0 N–H and O–H groups in total. The van der Waals surface area contributed by atoms with Crippen molar-refractivity contribution in [3.05, 3.63) is 0 Å². The Morgan fingerprint density at radius 2 is 2.28 bits per heavy atom. The van der Waals surface area contributed by atoms with E-state index in [1.807, 2.05) is 20.8 Å². The number of hydrogen-bond donors (Lipinski definition) is 0. The number of aliphatic imine (C=N–C) groups is 1. The molecule has 0 saturated carbocycles. The average molecular weight is 310 g/mol. The zero-order valence-electron chi connectivity index (χ0n) is 11.1. The van der Waals surface area contributed by atoms with Crippen LogP contribution in [0, 0.1) is 0 Å². The summed E-state index contributed by atoms with van der Waals surface area (Å²) in [7, 11) is 0. The van der Waals surface area contributed by atoms with E-state index in [4.69, 9.17) is 9.15 Å². The van der Waals surface area contributed by atoms with E-state index in [0.29, 0.717) is 11.7 Å². The summed E-state index contributed by atoms with van der Waals surface area (Å²) in [6.07, 6.45) is 0.911. The quantitative estimate of drug-likeness (QED) is 0.522. The van der Waals surface area contributed by atoms with Crippen LogP contribution < -0.4 is 0 Å². The Balaban J connectivity index is 2.65. The number of oxime groups is 1. The molecule has 2 unspecified atom stereocenters. The van der Waals surface area contributed by atoms with Gasteiger partial charge in [-0.05, 0) is 38.6 Å². The minimum absolute atomic E-state index is 0.141. The maximum absolute atomic E-state index is 12.3. The molecule has 0 radical (unpaired) electrons. The van der Waals surface area contributed by atoms with Crippen LogP contribution in [0.4, 0.5) is 0 Å². The summed E-state index contributed by atoms with van der Waals surface area (Å²) < 4.78 is 22.6. The minimum atomic E-state index is -3.17. The Morgan fingerprint density at radius 3 is 2.78 bits per heavy atom. The molecule has 18 heavy (non-hydrogen) atoms. The molecule has 1 aliphatic rings. The summed E-state index contributed by atoms with van der Waals surface area (Å²) in [5, 5.41) is 4.76. The van der Waals surface area contributed by atoms with Gasteiger partial charge >= 0.3 is 6.80 Å². The second kappa shape index (κ2) is 7.58. The van der Waals surface area contributed by atoms with Crippen LogP contribution >= 0.6 is 29.9 Å². The van der Waals surface area contributed by atoms with Gasteiger partial charge in [-0.3, -0.25) is 9.52 Å². The van der Waals surface area contributed by atoms with Crippen molar-refractivity contribution in [2.75, 3.05) is 12.4 Å². The molecule has 0 saturated heterocycles. The van der Waals surface area contributed by atoms with Crippen molar-refractivity contribution < 1.29 is 13.7 Å². The van der Waals surface area contributed by atoms with E-state index in [9.17, 15) is 4.57 Å². The van der Waals surface area contributed by atoms with Crippen molar-refractivity contribution in [3.63, 3.8) is 0 Å². The Kier molecular flexibility index (Phi) is 6.77. The normalized spacial score (nSPS) is 25.0. The molecule has 2 atom stereocenters. The van der Waals surface area contributed by atoms with E-state index >= 15 is 0 Å². The monoisotopic (exact) mass is 310 g/mol. The smallest absolute Gasteiger partial charge is 0.304 e. The average Bonchev–Trinajstić information content (AvgIpc) is 2.63. The van der Waals surface area contributed by atoms with E-state index in [1.165, 1.54) is 23.1 Å². The van der Waals surface area contributed by atoms with E-state index in [0.717, 1.165) is 17.9 Å². The summed E-state index contributed by atoms with van der Waals surface area (Å²) in [4.78, 5) is 4.31. The second-order valence-corrected chi connectivity index (χ2v) is 9.01. The lowest BCUT2D eigenvalue weighted by Gasteiger charge is -2.13. The number of rotatable bonds is 7. The van der Waals surface area contributed by atoms with Gasteiger partial charge in [0.05, 0.1) is 17.7 Å². The zero-order chi connectivity index (χ0) is 13.6. The molecule has 5 nitrogen and oxygen atoms in total. The molecule has 1 rings (SSSR count). The van der Waals surface area contributed by atoms with Crippen molar-refractivity contribution in [2.45, 2.75) is 39.5 Å². The molecule has 104 valence electrons. The molecule has 0 aromatic carbocycles. The largest absolute Gasteiger partial charge is 0.459 e. The van der Waals surface area contributed by atoms with Gasteiger partial charge in [0.2, 0.25) is 0 Å². The van der Waals surface area contributed by atoms with Crippen LogP contribution in [0.25, 0.3) is 0 Å². The Morgan fingerprint density at radius 1 is 1.56 bits per heavy atom. The first-order valence-corrected chi connectivity index (χ1v) is 9.89. The van der Waals surface area contributed by atoms with Gasteiger partial charge in [0.15, 0.2) is 5.04 Å². The molecule has 8 heteroatoms. The molecule has 0 aromatic rings. The summed E-state index contributed by atoms with van der Waals surface area (Å²) in [5.74, 6) is 0.721. The number of hydrogen-bond acceptors (Lipinski definition) is 7. The lowest BCUT2D eigenvalue weighted by atomic mass is 10.5. The van der Waals surface area contributed by atoms with Crippen molar-refractivity contribution in [2.24, 2.45) is 10.1 Å². The van der Waals surface area contributed by atoms with Crippen LogP contribution in [0.15, 0.2) is 10.1 Å². The van der Waals surface area contributed by atoms with Crippen LogP contribution in [0.1, 0.15) is 34.1 Å². The molecule has 0 amide bonds. The topological polar surface area (TPSA) is 60.2 Å². The van der Waals surface area contributed by atoms with Gasteiger partial charge in [0, 0.05) is 5.75 Å². The van der Waals surface area contributed by atoms with E-state index in [1.54, 1.807) is 6.92 Å². The van der Waals surface area contributed by atoms with Crippen molar-refractivity contribution in [1.82, 2.24) is 0 Å². The fourth-order valence-electron chi connectivity index (χ4n) is 1.22. The van der Waals surface area contributed by atoms with Gasteiger partial charge in [-0.2, -0.15) is 0 Å². The molecule has 0 aromatic heterocycles. The first kappa shape index (κ1) is 16.1. The highest BCUT2D eigenvalue weighted by Gasteiger charge is 2.28. The Bertz CT molecular complexity index is 387. The fraction of sp³-hybridized carbons (Fsp3) is 0.800. The molecule has 0 bridgehead atoms. The van der Waals surface area contributed by atoms with Gasteiger partial charge in [-0.15, -0.1) is 0 Å². The summed E-state index contributed by atoms with van der Waals surface area (Å²) in [6.45, 7) is 4.81. The summed E-state index contributed by atoms with van der Waals surface area (Å²) in [5.41, 5.74) is 0.816. The number of nitrogens with zero attached hydrogens (tertiary/aromatic N) is 2. The molecular weight excluding hydrogens is 291 g/mol. The number of thioether (sulfide) groups is 1. The van der Waals surface area contributed by atoms with Gasteiger partial charge in [0.1, 0.15) is 0 Å². The summed E-state index contributed by atoms with van der Waals surface area (Å²) in [6, 6.07) is 0. The fourth-order valence-corrected chi connectivity index (χ4v) is 5.19. The lowest BCUT2D eigenvalue weighted by molar-refractivity contribution is 0.237. The Labute approximate surface area is 116 Å². The second-order valence-electron chi connectivity index (χ2n) is 3.61. The molecule has 1 heterocycles. The molecule has 1 aliphatic heterocycles. The van der Waals surface area contributed by atoms with E-state index < -0.39 is 6.80 Å². The molecular formula is C10H19N2O3PS2. The molecule has 0 spiro atoms. The first-order chi connectivity index (χ1) is 8.50. The van der Waals surface area contributed by atoms with Gasteiger partial charge in [-0.25, -0.2) is 4.57 Å². The maximum atomic E-state index is 12.3. The van der Waals surface area contributed by atoms with Crippen LogP contribution in [-0.2, 0) is 13.7 Å². The highest BCUT2D eigenvalue weighted by Crippen LogP contribution is 2.61. The predicted octanol–water partition coefficient (Wildman–Crippen LogP) is 4.16. The van der Waals surface area contributed by atoms with E-state index in [2.05, 4.69) is 10.1 Å². The minimum Gasteiger partial charge on any atom is -0.304 e. The third-order valence-electron chi connectivity index (χ3n) is 1.93. The SMILES string of the molecule is CCCSP(=O)(OCC)ON=C1SC(C)N=C1C. The third kappa shape index (κ3) is 4.96. The van der Waals surface area contributed by atoms with Gasteiger partial charge in [-0.1, -0.05) is 23.8 Å². The predicted molar refractivity (Wildman–Crippen MR) is 80.7 cm³/mol.